The van der Waals surface area contributed by atoms with Crippen molar-refractivity contribution in [2.45, 2.75) is 59.5 Å². The summed E-state index contributed by atoms with van der Waals surface area (Å²) in [4.78, 5) is 2.30. The number of anilines is 1. The van der Waals surface area contributed by atoms with Crippen LogP contribution < -0.4 is 10.1 Å². The second-order valence-electron chi connectivity index (χ2n) is 5.31. The summed E-state index contributed by atoms with van der Waals surface area (Å²) in [5.74, 6) is 0.884. The van der Waals surface area contributed by atoms with Crippen molar-refractivity contribution in [3.8, 4) is 5.75 Å². The molecule has 0 spiro atoms. The molecular weight excluding hydrogens is 280 g/mol. The van der Waals surface area contributed by atoms with E-state index in [1.54, 1.807) is 0 Å². The smallest absolute Gasteiger partial charge is 0.173 e. The van der Waals surface area contributed by atoms with E-state index in [-0.39, 0.29) is 0 Å². The third-order valence-corrected chi connectivity index (χ3v) is 4.10. The number of nitrogens with zero attached hydrogens (tertiary/aromatic N) is 1. The fourth-order valence-electron chi connectivity index (χ4n) is 2.22. The minimum Gasteiger partial charge on any atom is -0.494 e. The Morgan fingerprint density at radius 2 is 1.62 bits per heavy atom. The molecule has 0 aliphatic rings. The van der Waals surface area contributed by atoms with Crippen LogP contribution in [0.25, 0.3) is 0 Å². The highest BCUT2D eigenvalue weighted by molar-refractivity contribution is 7.80. The number of hydrogen-bond acceptors (Lipinski definition) is 2. The van der Waals surface area contributed by atoms with Gasteiger partial charge in [-0.25, -0.2) is 0 Å². The average Bonchev–Trinajstić information content (AvgIpc) is 2.49. The van der Waals surface area contributed by atoms with E-state index in [0.29, 0.717) is 18.7 Å². The predicted octanol–water partition coefficient (Wildman–Crippen LogP) is 4.68. The Labute approximate surface area is 134 Å². The van der Waals surface area contributed by atoms with Gasteiger partial charge in [0.1, 0.15) is 5.75 Å². The van der Waals surface area contributed by atoms with Crippen LogP contribution in [0, 0.1) is 0 Å². The lowest BCUT2D eigenvalue weighted by molar-refractivity contribution is 0.254. The van der Waals surface area contributed by atoms with Crippen molar-refractivity contribution in [2.75, 3.05) is 11.9 Å². The lowest BCUT2D eigenvalue weighted by Crippen LogP contribution is -2.46. The van der Waals surface area contributed by atoms with Crippen molar-refractivity contribution in [1.29, 1.82) is 0 Å². The number of hydrogen-bond donors (Lipinski definition) is 1. The maximum atomic E-state index is 5.61. The first-order valence-electron chi connectivity index (χ1n) is 7.85. The van der Waals surface area contributed by atoms with Gasteiger partial charge >= 0.3 is 0 Å². The SMILES string of the molecule is CCOc1ccc(NC(=S)N(C(C)CC)C(C)CC)cc1. The molecule has 0 amide bonds. The highest BCUT2D eigenvalue weighted by atomic mass is 32.1. The quantitative estimate of drug-likeness (QED) is 0.739. The van der Waals surface area contributed by atoms with Crippen LogP contribution in [0.5, 0.6) is 5.75 Å². The topological polar surface area (TPSA) is 24.5 Å². The molecule has 2 atom stereocenters. The van der Waals surface area contributed by atoms with E-state index in [2.05, 4.69) is 37.9 Å². The second kappa shape index (κ2) is 8.88. The Kier molecular flexibility index (Phi) is 7.51. The van der Waals surface area contributed by atoms with Crippen LogP contribution in [0.1, 0.15) is 47.5 Å². The molecule has 0 saturated carbocycles. The van der Waals surface area contributed by atoms with Gasteiger partial charge in [0.05, 0.1) is 6.61 Å². The summed E-state index contributed by atoms with van der Waals surface area (Å²) in [7, 11) is 0. The van der Waals surface area contributed by atoms with E-state index in [4.69, 9.17) is 17.0 Å². The van der Waals surface area contributed by atoms with Gasteiger partial charge in [-0.15, -0.1) is 0 Å². The van der Waals surface area contributed by atoms with Crippen molar-refractivity contribution in [1.82, 2.24) is 4.90 Å². The van der Waals surface area contributed by atoms with Crippen LogP contribution in [0.3, 0.4) is 0 Å². The van der Waals surface area contributed by atoms with Gasteiger partial charge in [-0.1, -0.05) is 13.8 Å². The summed E-state index contributed by atoms with van der Waals surface area (Å²) >= 11 is 5.61. The Bertz CT molecular complexity index is 423. The van der Waals surface area contributed by atoms with Crippen LogP contribution >= 0.6 is 12.2 Å². The minimum atomic E-state index is 0.433. The van der Waals surface area contributed by atoms with E-state index in [0.717, 1.165) is 29.4 Å². The van der Waals surface area contributed by atoms with Crippen LogP contribution in [-0.4, -0.2) is 28.7 Å². The van der Waals surface area contributed by atoms with Crippen LogP contribution in [0.2, 0.25) is 0 Å². The zero-order valence-electron chi connectivity index (χ0n) is 13.8. The number of ether oxygens (including phenoxy) is 1. The summed E-state index contributed by atoms with van der Waals surface area (Å²) in [6.07, 6.45) is 2.16. The molecule has 2 unspecified atom stereocenters. The molecule has 4 heteroatoms. The van der Waals surface area contributed by atoms with Gasteiger partial charge in [0.2, 0.25) is 0 Å². The Balaban J connectivity index is 2.76. The van der Waals surface area contributed by atoms with E-state index >= 15 is 0 Å². The van der Waals surface area contributed by atoms with Gasteiger partial charge in [-0.3, -0.25) is 0 Å². The summed E-state index contributed by atoms with van der Waals surface area (Å²) < 4.78 is 5.45. The zero-order valence-corrected chi connectivity index (χ0v) is 14.7. The van der Waals surface area contributed by atoms with Gasteiger partial charge in [0, 0.05) is 17.8 Å². The Morgan fingerprint density at radius 3 is 2.05 bits per heavy atom. The third-order valence-electron chi connectivity index (χ3n) is 3.78. The van der Waals surface area contributed by atoms with Crippen molar-refractivity contribution >= 4 is 23.0 Å². The maximum absolute atomic E-state index is 5.61. The minimum absolute atomic E-state index is 0.433. The molecule has 0 radical (unpaired) electrons. The molecule has 0 saturated heterocycles. The highest BCUT2D eigenvalue weighted by Crippen LogP contribution is 2.18. The first-order chi connectivity index (χ1) is 10.0. The van der Waals surface area contributed by atoms with Crippen molar-refractivity contribution in [2.24, 2.45) is 0 Å². The molecule has 1 rings (SSSR count). The largest absolute Gasteiger partial charge is 0.494 e. The molecule has 1 aromatic carbocycles. The molecule has 0 aliphatic carbocycles. The van der Waals surface area contributed by atoms with E-state index < -0.39 is 0 Å². The first kappa shape index (κ1) is 17.8. The lowest BCUT2D eigenvalue weighted by atomic mass is 10.1. The second-order valence-corrected chi connectivity index (χ2v) is 5.70. The Hall–Kier alpha value is -1.29. The molecule has 0 aliphatic heterocycles. The van der Waals surface area contributed by atoms with Gasteiger partial charge < -0.3 is 15.0 Å². The molecular formula is C17H28N2OS. The van der Waals surface area contributed by atoms with E-state index in [1.165, 1.54) is 0 Å². The predicted molar refractivity (Wildman–Crippen MR) is 95.2 cm³/mol. The van der Waals surface area contributed by atoms with Gasteiger partial charge in [-0.2, -0.15) is 0 Å². The summed E-state index contributed by atoms with van der Waals surface area (Å²) in [5.41, 5.74) is 1.00. The van der Waals surface area contributed by atoms with Crippen LogP contribution in [-0.2, 0) is 0 Å². The summed E-state index contributed by atoms with van der Waals surface area (Å²) in [6.45, 7) is 11.5. The molecule has 1 N–H and O–H groups in total. The molecule has 1 aromatic rings. The van der Waals surface area contributed by atoms with E-state index in [1.807, 2.05) is 31.2 Å². The molecule has 118 valence electrons. The van der Waals surface area contributed by atoms with Crippen molar-refractivity contribution < 1.29 is 4.74 Å². The fourth-order valence-corrected chi connectivity index (χ4v) is 2.70. The third kappa shape index (κ3) is 5.20. The first-order valence-corrected chi connectivity index (χ1v) is 8.26. The molecule has 0 fully saturated rings. The van der Waals surface area contributed by atoms with Crippen molar-refractivity contribution in [3.05, 3.63) is 24.3 Å². The lowest BCUT2D eigenvalue weighted by Gasteiger charge is -2.36. The molecule has 21 heavy (non-hydrogen) atoms. The molecule has 3 nitrogen and oxygen atoms in total. The molecule has 0 heterocycles. The fraction of sp³-hybridized carbons (Fsp3) is 0.588. The number of rotatable bonds is 7. The summed E-state index contributed by atoms with van der Waals surface area (Å²) in [6, 6.07) is 8.80. The maximum Gasteiger partial charge on any atom is 0.173 e. The Morgan fingerprint density at radius 1 is 1.10 bits per heavy atom. The molecule has 0 aromatic heterocycles. The van der Waals surface area contributed by atoms with Crippen molar-refractivity contribution in [3.63, 3.8) is 0 Å². The van der Waals surface area contributed by atoms with Gasteiger partial charge in [0.15, 0.2) is 5.11 Å². The number of thiocarbonyl (C=S) groups is 1. The standard InChI is InChI=1S/C17H28N2OS/c1-6-13(4)19(14(5)7-2)17(21)18-15-9-11-16(12-10-15)20-8-3/h9-14H,6-8H2,1-5H3,(H,18,21). The average molecular weight is 308 g/mol. The number of benzene rings is 1. The zero-order chi connectivity index (χ0) is 15.8. The van der Waals surface area contributed by atoms with Gasteiger partial charge in [-0.05, 0) is 70.1 Å². The highest BCUT2D eigenvalue weighted by Gasteiger charge is 2.20. The normalized spacial score (nSPS) is 13.4. The number of nitrogens with one attached hydrogen (secondary N) is 1. The van der Waals surface area contributed by atoms with Crippen LogP contribution in [0.15, 0.2) is 24.3 Å². The summed E-state index contributed by atoms with van der Waals surface area (Å²) in [5, 5.41) is 4.14. The van der Waals surface area contributed by atoms with E-state index in [9.17, 15) is 0 Å². The van der Waals surface area contributed by atoms with Crippen LogP contribution in [0.4, 0.5) is 5.69 Å². The molecule has 0 bridgehead atoms. The van der Waals surface area contributed by atoms with Gasteiger partial charge in [0.25, 0.3) is 0 Å². The monoisotopic (exact) mass is 308 g/mol.